The molecule has 0 aromatic heterocycles. The molecule has 19 heavy (non-hydrogen) atoms. The number of ether oxygens (including phenoxy) is 1. The van der Waals surface area contributed by atoms with Crippen LogP contribution in [0.2, 0.25) is 0 Å². The van der Waals surface area contributed by atoms with E-state index in [1.165, 1.54) is 0 Å². The van der Waals surface area contributed by atoms with Gasteiger partial charge in [-0.05, 0) is 30.0 Å². The maximum absolute atomic E-state index is 12.0. The highest BCUT2D eigenvalue weighted by atomic mass is 35.5. The highest BCUT2D eigenvalue weighted by Gasteiger charge is 2.30. The number of nitrogens with zero attached hydrogens (tertiary/aromatic N) is 1. The smallest absolute Gasteiger partial charge is 0.410 e. The predicted molar refractivity (Wildman–Crippen MR) is 71.8 cm³/mol. The SMILES string of the molecule is O=C(Cl)C[C@@H]1CCCN1C(=O)OCc1ccccc1. The number of hydrogen-bond acceptors (Lipinski definition) is 3. The molecule has 1 aromatic rings. The summed E-state index contributed by atoms with van der Waals surface area (Å²) in [4.78, 5) is 24.5. The fourth-order valence-electron chi connectivity index (χ4n) is 2.28. The second kappa shape index (κ2) is 6.57. The number of halogens is 1. The van der Waals surface area contributed by atoms with E-state index in [4.69, 9.17) is 16.3 Å². The van der Waals surface area contributed by atoms with Crippen LogP contribution in [0.1, 0.15) is 24.8 Å². The summed E-state index contributed by atoms with van der Waals surface area (Å²) in [5, 5.41) is -0.409. The van der Waals surface area contributed by atoms with Crippen molar-refractivity contribution in [3.05, 3.63) is 35.9 Å². The Balaban J connectivity index is 1.87. The van der Waals surface area contributed by atoms with E-state index in [-0.39, 0.29) is 25.2 Å². The highest BCUT2D eigenvalue weighted by molar-refractivity contribution is 6.63. The number of benzene rings is 1. The number of likely N-dealkylation sites (tertiary alicyclic amines) is 1. The fraction of sp³-hybridized carbons (Fsp3) is 0.429. The fourth-order valence-corrected chi connectivity index (χ4v) is 2.45. The van der Waals surface area contributed by atoms with E-state index in [1.807, 2.05) is 30.3 Å². The first-order chi connectivity index (χ1) is 9.16. The van der Waals surface area contributed by atoms with Crippen molar-refractivity contribution in [1.82, 2.24) is 4.90 Å². The third-order valence-corrected chi connectivity index (χ3v) is 3.37. The number of carbonyl (C=O) groups excluding carboxylic acids is 2. The van der Waals surface area contributed by atoms with E-state index >= 15 is 0 Å². The van der Waals surface area contributed by atoms with Crippen molar-refractivity contribution in [3.8, 4) is 0 Å². The molecule has 1 fully saturated rings. The van der Waals surface area contributed by atoms with Crippen LogP contribution >= 0.6 is 11.6 Å². The minimum atomic E-state index is -0.409. The molecule has 4 nitrogen and oxygen atoms in total. The summed E-state index contributed by atoms with van der Waals surface area (Å²) >= 11 is 5.38. The topological polar surface area (TPSA) is 46.6 Å². The molecule has 0 radical (unpaired) electrons. The summed E-state index contributed by atoms with van der Waals surface area (Å²) in [6, 6.07) is 9.39. The van der Waals surface area contributed by atoms with Crippen molar-refractivity contribution in [2.75, 3.05) is 6.54 Å². The van der Waals surface area contributed by atoms with E-state index in [2.05, 4.69) is 0 Å². The first-order valence-corrected chi connectivity index (χ1v) is 6.70. The Morgan fingerprint density at radius 3 is 2.74 bits per heavy atom. The Hall–Kier alpha value is -1.55. The van der Waals surface area contributed by atoms with Crippen LogP contribution in [-0.4, -0.2) is 28.8 Å². The van der Waals surface area contributed by atoms with Crippen LogP contribution in [0.25, 0.3) is 0 Å². The van der Waals surface area contributed by atoms with E-state index in [9.17, 15) is 9.59 Å². The molecule has 1 atom stereocenters. The van der Waals surface area contributed by atoms with E-state index < -0.39 is 5.24 Å². The zero-order valence-electron chi connectivity index (χ0n) is 10.5. The van der Waals surface area contributed by atoms with Gasteiger partial charge in [0, 0.05) is 19.0 Å². The summed E-state index contributed by atoms with van der Waals surface area (Å²) in [7, 11) is 0. The number of rotatable bonds is 4. The van der Waals surface area contributed by atoms with Crippen LogP contribution in [0.15, 0.2) is 30.3 Å². The minimum absolute atomic E-state index is 0.117. The van der Waals surface area contributed by atoms with Gasteiger partial charge in [0.15, 0.2) is 0 Å². The van der Waals surface area contributed by atoms with E-state index in [0.717, 1.165) is 18.4 Å². The zero-order chi connectivity index (χ0) is 13.7. The second-order valence-corrected chi connectivity index (χ2v) is 5.01. The van der Waals surface area contributed by atoms with Gasteiger partial charge in [-0.15, -0.1) is 0 Å². The van der Waals surface area contributed by atoms with Crippen LogP contribution < -0.4 is 0 Å². The van der Waals surface area contributed by atoms with Crippen molar-refractivity contribution >= 4 is 22.9 Å². The second-order valence-electron chi connectivity index (χ2n) is 4.59. The Labute approximate surface area is 117 Å². The third-order valence-electron chi connectivity index (χ3n) is 3.21. The summed E-state index contributed by atoms with van der Waals surface area (Å²) < 4.78 is 5.26. The van der Waals surface area contributed by atoms with Gasteiger partial charge in [-0.3, -0.25) is 4.79 Å². The van der Waals surface area contributed by atoms with Crippen LogP contribution in [0.4, 0.5) is 4.79 Å². The molecular weight excluding hydrogens is 266 g/mol. The lowest BCUT2D eigenvalue weighted by Gasteiger charge is -2.22. The normalized spacial score (nSPS) is 18.4. The lowest BCUT2D eigenvalue weighted by Crippen LogP contribution is -2.36. The van der Waals surface area contributed by atoms with Gasteiger partial charge in [0.05, 0.1) is 0 Å². The van der Waals surface area contributed by atoms with E-state index in [1.54, 1.807) is 4.90 Å². The largest absolute Gasteiger partial charge is 0.445 e. The summed E-state index contributed by atoms with van der Waals surface area (Å²) in [6.45, 7) is 0.875. The average molecular weight is 282 g/mol. The molecule has 1 aliphatic heterocycles. The molecule has 1 saturated heterocycles. The van der Waals surface area contributed by atoms with Gasteiger partial charge >= 0.3 is 6.09 Å². The van der Waals surface area contributed by atoms with Crippen molar-refractivity contribution in [2.24, 2.45) is 0 Å². The lowest BCUT2D eigenvalue weighted by molar-refractivity contribution is -0.112. The highest BCUT2D eigenvalue weighted by Crippen LogP contribution is 2.22. The first kappa shape index (κ1) is 13.9. The molecule has 0 saturated carbocycles. The monoisotopic (exact) mass is 281 g/mol. The Morgan fingerprint density at radius 1 is 1.32 bits per heavy atom. The van der Waals surface area contributed by atoms with Gasteiger partial charge < -0.3 is 9.64 Å². The van der Waals surface area contributed by atoms with Crippen LogP contribution in [0.5, 0.6) is 0 Å². The molecule has 0 unspecified atom stereocenters. The minimum Gasteiger partial charge on any atom is -0.445 e. The molecule has 2 rings (SSSR count). The molecule has 102 valence electrons. The maximum atomic E-state index is 12.0. The Bertz CT molecular complexity index is 449. The summed E-state index contributed by atoms with van der Waals surface area (Å²) in [5.41, 5.74) is 0.944. The van der Waals surface area contributed by atoms with Gasteiger partial charge in [0.25, 0.3) is 0 Å². The standard InChI is InChI=1S/C14H16ClNO3/c15-13(17)9-12-7-4-8-16(12)14(18)19-10-11-5-2-1-3-6-11/h1-3,5-6,12H,4,7-10H2/t12-/m0/s1. The maximum Gasteiger partial charge on any atom is 0.410 e. The van der Waals surface area contributed by atoms with Crippen LogP contribution in [0.3, 0.4) is 0 Å². The first-order valence-electron chi connectivity index (χ1n) is 6.32. The molecule has 0 bridgehead atoms. The van der Waals surface area contributed by atoms with E-state index in [0.29, 0.717) is 6.54 Å². The zero-order valence-corrected chi connectivity index (χ0v) is 11.3. The molecule has 5 heteroatoms. The Morgan fingerprint density at radius 2 is 2.05 bits per heavy atom. The predicted octanol–water partition coefficient (Wildman–Crippen LogP) is 2.94. The number of amides is 1. The van der Waals surface area contributed by atoms with Gasteiger partial charge in [-0.2, -0.15) is 0 Å². The molecule has 1 heterocycles. The third kappa shape index (κ3) is 3.96. The van der Waals surface area contributed by atoms with Crippen molar-refractivity contribution < 1.29 is 14.3 Å². The molecule has 1 aromatic carbocycles. The van der Waals surface area contributed by atoms with Gasteiger partial charge in [0.1, 0.15) is 6.61 Å². The summed E-state index contributed by atoms with van der Waals surface area (Å²) in [5.74, 6) is 0. The average Bonchev–Trinajstić information content (AvgIpc) is 2.84. The quantitative estimate of drug-likeness (QED) is 0.797. The van der Waals surface area contributed by atoms with Gasteiger partial charge in [-0.25, -0.2) is 4.79 Å². The van der Waals surface area contributed by atoms with Crippen molar-refractivity contribution in [2.45, 2.75) is 31.9 Å². The van der Waals surface area contributed by atoms with Crippen LogP contribution in [0, 0.1) is 0 Å². The van der Waals surface area contributed by atoms with Gasteiger partial charge in [0.2, 0.25) is 5.24 Å². The molecule has 0 aliphatic carbocycles. The van der Waals surface area contributed by atoms with Gasteiger partial charge in [-0.1, -0.05) is 30.3 Å². The van der Waals surface area contributed by atoms with Crippen molar-refractivity contribution in [1.29, 1.82) is 0 Å². The number of hydrogen-bond donors (Lipinski definition) is 0. The Kier molecular flexibility index (Phi) is 4.80. The molecule has 0 N–H and O–H groups in total. The molecular formula is C14H16ClNO3. The molecule has 1 amide bonds. The molecule has 1 aliphatic rings. The summed E-state index contributed by atoms with van der Waals surface area (Å²) in [6.07, 6.45) is 1.51. The number of carbonyl (C=O) groups is 2. The van der Waals surface area contributed by atoms with Crippen molar-refractivity contribution in [3.63, 3.8) is 0 Å². The lowest BCUT2D eigenvalue weighted by atomic mass is 10.2. The van der Waals surface area contributed by atoms with Crippen LogP contribution in [-0.2, 0) is 16.1 Å². The molecule has 0 spiro atoms.